The molecule has 1 N–H and O–H groups in total. The molecule has 3 aromatic rings. The molecule has 5 heteroatoms. The molecule has 0 fully saturated rings. The number of halogens is 1. The van der Waals surface area contributed by atoms with Gasteiger partial charge in [0.2, 0.25) is 0 Å². The topological polar surface area (TPSA) is 58.6 Å². The van der Waals surface area contributed by atoms with Gasteiger partial charge in [-0.2, -0.15) is 0 Å². The molecule has 0 saturated carbocycles. The van der Waals surface area contributed by atoms with Crippen LogP contribution in [-0.2, 0) is 0 Å². The Labute approximate surface area is 129 Å². The van der Waals surface area contributed by atoms with Crippen molar-refractivity contribution in [2.24, 2.45) is 0 Å². The summed E-state index contributed by atoms with van der Waals surface area (Å²) >= 11 is 2.02. The van der Waals surface area contributed by atoms with Gasteiger partial charge in [0.15, 0.2) is 0 Å². The molecule has 0 saturated heterocycles. The first-order valence-electron chi connectivity index (χ1n) is 6.01. The Balaban J connectivity index is 2.22. The Kier molecular flexibility index (Phi) is 3.60. The van der Waals surface area contributed by atoms with Crippen LogP contribution in [-0.4, -0.2) is 15.0 Å². The van der Waals surface area contributed by atoms with Gasteiger partial charge in [-0.1, -0.05) is 30.3 Å². The predicted molar refractivity (Wildman–Crippen MR) is 86.2 cm³/mol. The molecule has 98 valence electrons. The number of pyridine rings is 1. The lowest BCUT2D eigenvalue weighted by Gasteiger charge is -2.06. The molecule has 2 heterocycles. The van der Waals surface area contributed by atoms with E-state index in [-0.39, 0.29) is 5.56 Å². The number of hydrogen-bond donors (Lipinski definition) is 1. The summed E-state index contributed by atoms with van der Waals surface area (Å²) in [4.78, 5) is 23.5. The van der Waals surface area contributed by atoms with Gasteiger partial charge < -0.3 is 4.98 Å². The van der Waals surface area contributed by atoms with Crippen molar-refractivity contribution in [3.8, 4) is 22.6 Å². The van der Waals surface area contributed by atoms with Crippen LogP contribution in [0.15, 0.2) is 59.7 Å². The van der Waals surface area contributed by atoms with Gasteiger partial charge in [-0.25, -0.2) is 4.98 Å². The second-order valence-corrected chi connectivity index (χ2v) is 5.26. The molecule has 0 aliphatic heterocycles. The molecule has 1 aromatic carbocycles. The molecule has 0 aliphatic rings. The molecule has 0 spiro atoms. The highest BCUT2D eigenvalue weighted by Gasteiger charge is 2.11. The smallest absolute Gasteiger partial charge is 0.265 e. The van der Waals surface area contributed by atoms with Crippen molar-refractivity contribution in [3.63, 3.8) is 0 Å². The van der Waals surface area contributed by atoms with Gasteiger partial charge in [-0.3, -0.25) is 9.78 Å². The van der Waals surface area contributed by atoms with E-state index in [1.54, 1.807) is 12.4 Å². The second-order valence-electron chi connectivity index (χ2n) is 4.18. The normalized spacial score (nSPS) is 10.4. The summed E-state index contributed by atoms with van der Waals surface area (Å²) in [6.07, 6.45) is 3.37. The Bertz CT molecular complexity index is 785. The van der Waals surface area contributed by atoms with Crippen LogP contribution >= 0.6 is 22.6 Å². The van der Waals surface area contributed by atoms with Crippen LogP contribution in [0.25, 0.3) is 22.6 Å². The van der Waals surface area contributed by atoms with Crippen molar-refractivity contribution in [3.05, 3.63) is 68.8 Å². The van der Waals surface area contributed by atoms with E-state index in [4.69, 9.17) is 0 Å². The van der Waals surface area contributed by atoms with Gasteiger partial charge in [-0.05, 0) is 34.7 Å². The highest BCUT2D eigenvalue weighted by molar-refractivity contribution is 14.1. The zero-order valence-corrected chi connectivity index (χ0v) is 12.5. The van der Waals surface area contributed by atoms with Gasteiger partial charge >= 0.3 is 0 Å². The predicted octanol–water partition coefficient (Wildman–Crippen LogP) is 3.10. The average Bonchev–Trinajstić information content (AvgIpc) is 2.51. The summed E-state index contributed by atoms with van der Waals surface area (Å²) in [5.74, 6) is 0.530. The maximum Gasteiger partial charge on any atom is 0.265 e. The first-order valence-corrected chi connectivity index (χ1v) is 7.09. The zero-order valence-electron chi connectivity index (χ0n) is 10.4. The molecular formula is C15H10IN3O. The first kappa shape index (κ1) is 13.0. The lowest BCUT2D eigenvalue weighted by atomic mass is 10.1. The van der Waals surface area contributed by atoms with Crippen LogP contribution in [0.5, 0.6) is 0 Å². The van der Waals surface area contributed by atoms with Crippen LogP contribution in [0.3, 0.4) is 0 Å². The number of aromatic amines is 1. The van der Waals surface area contributed by atoms with E-state index in [1.165, 1.54) is 0 Å². The average molecular weight is 375 g/mol. The summed E-state index contributed by atoms with van der Waals surface area (Å²) < 4.78 is 0.585. The van der Waals surface area contributed by atoms with Crippen molar-refractivity contribution in [2.75, 3.05) is 0 Å². The summed E-state index contributed by atoms with van der Waals surface area (Å²) in [5, 5.41) is 0. The maximum absolute atomic E-state index is 12.1. The number of rotatable bonds is 2. The summed E-state index contributed by atoms with van der Waals surface area (Å²) in [6.45, 7) is 0. The lowest BCUT2D eigenvalue weighted by Crippen LogP contribution is -2.14. The van der Waals surface area contributed by atoms with Crippen LogP contribution in [0.1, 0.15) is 0 Å². The van der Waals surface area contributed by atoms with E-state index in [0.717, 1.165) is 11.1 Å². The fourth-order valence-corrected chi connectivity index (χ4v) is 2.45. The zero-order chi connectivity index (χ0) is 13.9. The van der Waals surface area contributed by atoms with Crippen molar-refractivity contribution < 1.29 is 0 Å². The first-order chi connectivity index (χ1) is 9.75. The molecule has 0 bridgehead atoms. The third kappa shape index (κ3) is 2.49. The summed E-state index contributed by atoms with van der Waals surface area (Å²) in [5.41, 5.74) is 2.26. The van der Waals surface area contributed by atoms with E-state index in [0.29, 0.717) is 15.1 Å². The lowest BCUT2D eigenvalue weighted by molar-refractivity contribution is 1.11. The number of nitrogens with zero attached hydrogens (tertiary/aromatic N) is 2. The molecule has 0 aliphatic carbocycles. The van der Waals surface area contributed by atoms with Crippen LogP contribution < -0.4 is 5.56 Å². The number of hydrogen-bond acceptors (Lipinski definition) is 3. The highest BCUT2D eigenvalue weighted by atomic mass is 127. The molecule has 0 atom stereocenters. The molecular weight excluding hydrogens is 365 g/mol. The molecule has 0 amide bonds. The Morgan fingerprint density at radius 2 is 1.75 bits per heavy atom. The van der Waals surface area contributed by atoms with Crippen molar-refractivity contribution in [2.45, 2.75) is 0 Å². The van der Waals surface area contributed by atoms with E-state index < -0.39 is 0 Å². The molecule has 2 aromatic heterocycles. The van der Waals surface area contributed by atoms with Crippen molar-refractivity contribution in [1.82, 2.24) is 15.0 Å². The quantitative estimate of drug-likeness (QED) is 0.701. The molecule has 0 radical (unpaired) electrons. The van der Waals surface area contributed by atoms with Crippen LogP contribution in [0.4, 0.5) is 0 Å². The fraction of sp³-hybridized carbons (Fsp3) is 0. The minimum atomic E-state index is -0.140. The van der Waals surface area contributed by atoms with E-state index >= 15 is 0 Å². The monoisotopic (exact) mass is 375 g/mol. The number of benzene rings is 1. The number of aromatic nitrogens is 3. The Morgan fingerprint density at radius 3 is 2.45 bits per heavy atom. The largest absolute Gasteiger partial charge is 0.306 e. The molecule has 0 unspecified atom stereocenters. The molecule has 4 nitrogen and oxygen atoms in total. The van der Waals surface area contributed by atoms with Crippen LogP contribution in [0.2, 0.25) is 0 Å². The van der Waals surface area contributed by atoms with E-state index in [9.17, 15) is 4.79 Å². The molecule has 3 rings (SSSR count). The number of H-pyrrole nitrogens is 1. The van der Waals surface area contributed by atoms with Gasteiger partial charge in [-0.15, -0.1) is 0 Å². The van der Waals surface area contributed by atoms with Crippen molar-refractivity contribution in [1.29, 1.82) is 0 Å². The SMILES string of the molecule is O=c1[nH]c(-c2cccnc2)nc(-c2ccccc2)c1I. The van der Waals surface area contributed by atoms with Gasteiger partial charge in [0.05, 0.1) is 5.69 Å². The maximum atomic E-state index is 12.1. The Morgan fingerprint density at radius 1 is 1.00 bits per heavy atom. The highest BCUT2D eigenvalue weighted by Crippen LogP contribution is 2.22. The minimum absolute atomic E-state index is 0.140. The minimum Gasteiger partial charge on any atom is -0.306 e. The molecule has 20 heavy (non-hydrogen) atoms. The van der Waals surface area contributed by atoms with Crippen LogP contribution in [0, 0.1) is 3.57 Å². The van der Waals surface area contributed by atoms with Crippen molar-refractivity contribution >= 4 is 22.6 Å². The standard InChI is InChI=1S/C15H10IN3O/c16-12-13(10-5-2-1-3-6-10)18-14(19-15(12)20)11-7-4-8-17-9-11/h1-9H,(H,18,19,20). The fourth-order valence-electron chi connectivity index (χ4n) is 1.89. The van der Waals surface area contributed by atoms with E-state index in [1.807, 2.05) is 65.1 Å². The van der Waals surface area contributed by atoms with Gasteiger partial charge in [0.1, 0.15) is 9.39 Å². The summed E-state index contributed by atoms with van der Waals surface area (Å²) in [6, 6.07) is 13.4. The third-order valence-electron chi connectivity index (χ3n) is 2.84. The van der Waals surface area contributed by atoms with Gasteiger partial charge in [0, 0.05) is 23.5 Å². The van der Waals surface area contributed by atoms with E-state index in [2.05, 4.69) is 15.0 Å². The summed E-state index contributed by atoms with van der Waals surface area (Å²) in [7, 11) is 0. The second kappa shape index (κ2) is 5.54. The van der Waals surface area contributed by atoms with Gasteiger partial charge in [0.25, 0.3) is 5.56 Å². The Hall–Kier alpha value is -2.02. The third-order valence-corrected chi connectivity index (χ3v) is 3.85. The number of nitrogens with one attached hydrogen (secondary N) is 1.